The Kier molecular flexibility index (Phi) is 5.74. The standard InChI is InChI=1S/C26H21N3O4S2/c1-16-4-7-20(14-17(16)2)29-25(30)23(18(3)28-29)15-21-8-11-24(33-21)19-5-9-22(10-6-19)35(31,32)26-27-12-13-34-26/h4-15H,1-3H3. The number of hydrogen-bond acceptors (Lipinski definition) is 7. The van der Waals surface area contributed by atoms with E-state index in [9.17, 15) is 13.2 Å². The van der Waals surface area contributed by atoms with Crippen LogP contribution >= 0.6 is 11.3 Å². The van der Waals surface area contributed by atoms with E-state index in [1.165, 1.54) is 23.3 Å². The number of nitrogens with zero attached hydrogens (tertiary/aromatic N) is 3. The van der Waals surface area contributed by atoms with Crippen LogP contribution in [0.4, 0.5) is 5.69 Å². The summed E-state index contributed by atoms with van der Waals surface area (Å²) in [5, 5.41) is 7.47. The number of carbonyl (C=O) groups is 1. The molecule has 5 rings (SSSR count). The number of hydrogen-bond donors (Lipinski definition) is 0. The van der Waals surface area contributed by atoms with Crippen molar-refractivity contribution in [2.24, 2.45) is 5.10 Å². The molecule has 3 heterocycles. The first kappa shape index (κ1) is 22.9. The van der Waals surface area contributed by atoms with Gasteiger partial charge >= 0.3 is 0 Å². The van der Waals surface area contributed by atoms with E-state index in [4.69, 9.17) is 4.42 Å². The van der Waals surface area contributed by atoms with E-state index >= 15 is 0 Å². The van der Waals surface area contributed by atoms with E-state index in [0.717, 1.165) is 22.5 Å². The van der Waals surface area contributed by atoms with Gasteiger partial charge in [-0.25, -0.2) is 13.4 Å². The molecule has 2 aromatic heterocycles. The van der Waals surface area contributed by atoms with E-state index in [2.05, 4.69) is 10.1 Å². The van der Waals surface area contributed by atoms with Crippen molar-refractivity contribution in [2.75, 3.05) is 5.01 Å². The summed E-state index contributed by atoms with van der Waals surface area (Å²) in [6.07, 6.45) is 3.14. The molecule has 1 aliphatic heterocycles. The SMILES string of the molecule is CC1=NN(c2ccc(C)c(C)c2)C(=O)C1=Cc1ccc(-c2ccc(S(=O)(=O)c3nccs3)cc2)o1. The molecule has 1 aliphatic rings. The van der Waals surface area contributed by atoms with Crippen molar-refractivity contribution in [2.45, 2.75) is 30.0 Å². The lowest BCUT2D eigenvalue weighted by molar-refractivity contribution is -0.114. The maximum atomic E-state index is 13.1. The number of anilines is 1. The van der Waals surface area contributed by atoms with Gasteiger partial charge in [0, 0.05) is 17.1 Å². The minimum atomic E-state index is -3.64. The molecular formula is C26H21N3O4S2. The van der Waals surface area contributed by atoms with Crippen LogP contribution in [0.15, 0.2) is 90.5 Å². The van der Waals surface area contributed by atoms with Gasteiger partial charge in [-0.05, 0) is 86.5 Å². The van der Waals surface area contributed by atoms with Gasteiger partial charge in [-0.1, -0.05) is 6.07 Å². The van der Waals surface area contributed by atoms with Gasteiger partial charge < -0.3 is 4.42 Å². The summed E-state index contributed by atoms with van der Waals surface area (Å²) in [7, 11) is -3.64. The van der Waals surface area contributed by atoms with Crippen LogP contribution < -0.4 is 5.01 Å². The van der Waals surface area contributed by atoms with Gasteiger partial charge in [0.05, 0.1) is 21.9 Å². The number of aromatic nitrogens is 1. The quantitative estimate of drug-likeness (QED) is 0.328. The molecule has 2 aromatic carbocycles. The molecule has 9 heteroatoms. The van der Waals surface area contributed by atoms with Crippen LogP contribution in [0.2, 0.25) is 0 Å². The van der Waals surface area contributed by atoms with Gasteiger partial charge in [-0.3, -0.25) is 4.79 Å². The summed E-state index contributed by atoms with van der Waals surface area (Å²) in [5.74, 6) is 0.834. The fraction of sp³-hybridized carbons (Fsp3) is 0.115. The molecule has 7 nitrogen and oxygen atoms in total. The van der Waals surface area contributed by atoms with Crippen molar-refractivity contribution < 1.29 is 17.6 Å². The Hall–Kier alpha value is -3.82. The van der Waals surface area contributed by atoms with Crippen LogP contribution in [0.3, 0.4) is 0 Å². The van der Waals surface area contributed by atoms with Crippen molar-refractivity contribution in [3.8, 4) is 11.3 Å². The molecule has 0 atom stereocenters. The molecule has 1 amide bonds. The van der Waals surface area contributed by atoms with Crippen LogP contribution in [0, 0.1) is 13.8 Å². The number of aryl methyl sites for hydroxylation is 2. The molecule has 0 fully saturated rings. The van der Waals surface area contributed by atoms with Crippen LogP contribution in [0.5, 0.6) is 0 Å². The first-order valence-corrected chi connectivity index (χ1v) is 13.1. The van der Waals surface area contributed by atoms with E-state index in [1.807, 2.05) is 32.0 Å². The van der Waals surface area contributed by atoms with Gasteiger partial charge in [0.1, 0.15) is 11.5 Å². The Bertz CT molecular complexity index is 1600. The molecule has 0 saturated carbocycles. The average Bonchev–Trinajstić information content (AvgIpc) is 3.60. The van der Waals surface area contributed by atoms with Gasteiger partial charge in [0.2, 0.25) is 14.2 Å². The highest BCUT2D eigenvalue weighted by molar-refractivity contribution is 7.93. The summed E-state index contributed by atoms with van der Waals surface area (Å²) < 4.78 is 31.3. The third kappa shape index (κ3) is 4.24. The van der Waals surface area contributed by atoms with Crippen molar-refractivity contribution in [3.63, 3.8) is 0 Å². The highest BCUT2D eigenvalue weighted by Crippen LogP contribution is 2.30. The molecular weight excluding hydrogens is 482 g/mol. The van der Waals surface area contributed by atoms with Crippen LogP contribution in [-0.4, -0.2) is 25.0 Å². The van der Waals surface area contributed by atoms with Crippen molar-refractivity contribution in [1.29, 1.82) is 0 Å². The van der Waals surface area contributed by atoms with Crippen molar-refractivity contribution in [1.82, 2.24) is 4.98 Å². The fourth-order valence-corrected chi connectivity index (χ4v) is 5.90. The molecule has 0 N–H and O–H groups in total. The number of hydrazone groups is 1. The number of rotatable bonds is 5. The Balaban J connectivity index is 1.38. The zero-order valence-electron chi connectivity index (χ0n) is 19.2. The first-order chi connectivity index (χ1) is 16.7. The Morgan fingerprint density at radius 3 is 2.43 bits per heavy atom. The van der Waals surface area contributed by atoms with Crippen LogP contribution in [0.1, 0.15) is 23.8 Å². The van der Waals surface area contributed by atoms with Crippen LogP contribution in [0.25, 0.3) is 17.4 Å². The Labute approximate surface area is 207 Å². The van der Waals surface area contributed by atoms with Crippen molar-refractivity contribution in [3.05, 3.63) is 88.6 Å². The summed E-state index contributed by atoms with van der Waals surface area (Å²) >= 11 is 1.08. The van der Waals surface area contributed by atoms with E-state index in [0.29, 0.717) is 34.1 Å². The average molecular weight is 504 g/mol. The van der Waals surface area contributed by atoms with E-state index in [-0.39, 0.29) is 15.1 Å². The summed E-state index contributed by atoms with van der Waals surface area (Å²) in [6.45, 7) is 5.81. The molecule has 0 bridgehead atoms. The third-order valence-corrected chi connectivity index (χ3v) is 8.77. The summed E-state index contributed by atoms with van der Waals surface area (Å²) in [5.41, 5.74) is 4.72. The number of benzene rings is 2. The Morgan fingerprint density at radius 2 is 1.74 bits per heavy atom. The predicted molar refractivity (Wildman–Crippen MR) is 136 cm³/mol. The fourth-order valence-electron chi connectivity index (χ4n) is 3.69. The third-order valence-electron chi connectivity index (χ3n) is 5.80. The van der Waals surface area contributed by atoms with E-state index < -0.39 is 9.84 Å². The smallest absolute Gasteiger partial charge is 0.280 e. The second kappa shape index (κ2) is 8.75. The number of carbonyl (C=O) groups excluding carboxylic acids is 1. The van der Waals surface area contributed by atoms with Gasteiger partial charge in [0.15, 0.2) is 0 Å². The zero-order valence-corrected chi connectivity index (χ0v) is 20.9. The number of amides is 1. The molecule has 0 aliphatic carbocycles. The second-order valence-electron chi connectivity index (χ2n) is 8.16. The maximum Gasteiger partial charge on any atom is 0.280 e. The zero-order chi connectivity index (χ0) is 24.7. The van der Waals surface area contributed by atoms with Crippen LogP contribution in [-0.2, 0) is 14.6 Å². The first-order valence-electron chi connectivity index (χ1n) is 10.8. The number of thiazole rings is 1. The van der Waals surface area contributed by atoms with Gasteiger partial charge in [-0.15, -0.1) is 11.3 Å². The van der Waals surface area contributed by atoms with Gasteiger partial charge in [-0.2, -0.15) is 10.1 Å². The predicted octanol–water partition coefficient (Wildman–Crippen LogP) is 5.66. The highest BCUT2D eigenvalue weighted by atomic mass is 32.2. The summed E-state index contributed by atoms with van der Waals surface area (Å²) in [4.78, 5) is 17.1. The minimum Gasteiger partial charge on any atom is -0.457 e. The lowest BCUT2D eigenvalue weighted by atomic mass is 10.1. The highest BCUT2D eigenvalue weighted by Gasteiger charge is 2.29. The normalized spacial score (nSPS) is 15.2. The molecule has 0 spiro atoms. The minimum absolute atomic E-state index is 0.0604. The van der Waals surface area contributed by atoms with Crippen molar-refractivity contribution >= 4 is 44.6 Å². The number of sulfone groups is 1. The maximum absolute atomic E-state index is 13.1. The van der Waals surface area contributed by atoms with E-state index in [1.54, 1.807) is 42.6 Å². The summed E-state index contributed by atoms with van der Waals surface area (Å²) in [6, 6.07) is 15.8. The molecule has 4 aromatic rings. The second-order valence-corrected chi connectivity index (χ2v) is 11.2. The largest absolute Gasteiger partial charge is 0.457 e. The number of furan rings is 1. The molecule has 176 valence electrons. The molecule has 0 unspecified atom stereocenters. The lowest BCUT2D eigenvalue weighted by Crippen LogP contribution is -2.21. The molecule has 0 radical (unpaired) electrons. The molecule has 0 saturated heterocycles. The lowest BCUT2D eigenvalue weighted by Gasteiger charge is -2.13. The topological polar surface area (TPSA) is 92.8 Å². The van der Waals surface area contributed by atoms with Gasteiger partial charge in [0.25, 0.3) is 5.91 Å². The monoisotopic (exact) mass is 503 g/mol. The molecule has 35 heavy (non-hydrogen) atoms. The Morgan fingerprint density at radius 1 is 0.971 bits per heavy atom.